The lowest BCUT2D eigenvalue weighted by molar-refractivity contribution is 0.464. The molecule has 20 heavy (non-hydrogen) atoms. The summed E-state index contributed by atoms with van der Waals surface area (Å²) in [6.45, 7) is 0. The van der Waals surface area contributed by atoms with Gasteiger partial charge in [-0.1, -0.05) is 28.1 Å². The fourth-order valence-electron chi connectivity index (χ4n) is 1.85. The van der Waals surface area contributed by atoms with Crippen molar-refractivity contribution in [3.63, 3.8) is 0 Å². The Morgan fingerprint density at radius 3 is 2.75 bits per heavy atom. The molecule has 0 unspecified atom stereocenters. The van der Waals surface area contributed by atoms with Crippen molar-refractivity contribution in [2.24, 2.45) is 0 Å². The van der Waals surface area contributed by atoms with Crippen LogP contribution in [0.1, 0.15) is 0 Å². The number of fused-ring (bicyclic) bond motifs is 1. The number of H-pyrrole nitrogens is 1. The zero-order valence-corrected chi connectivity index (χ0v) is 11.8. The molecule has 0 atom stereocenters. The molecule has 0 saturated carbocycles. The highest BCUT2D eigenvalue weighted by molar-refractivity contribution is 9.10. The van der Waals surface area contributed by atoms with Crippen LogP contribution in [-0.2, 0) is 0 Å². The van der Waals surface area contributed by atoms with Crippen molar-refractivity contribution in [2.75, 3.05) is 5.73 Å². The Kier molecular flexibility index (Phi) is 3.15. The summed E-state index contributed by atoms with van der Waals surface area (Å²) in [7, 11) is 0. The maximum Gasteiger partial charge on any atom is 0.277 e. The van der Waals surface area contributed by atoms with E-state index in [-0.39, 0.29) is 11.6 Å². The molecule has 3 rings (SSSR count). The van der Waals surface area contributed by atoms with Crippen LogP contribution in [0.15, 0.2) is 52.0 Å². The molecule has 0 radical (unpaired) electrons. The number of ether oxygens (including phenoxy) is 1. The van der Waals surface area contributed by atoms with Gasteiger partial charge in [-0.2, -0.15) is 0 Å². The van der Waals surface area contributed by atoms with Gasteiger partial charge in [0, 0.05) is 4.47 Å². The minimum absolute atomic E-state index is 0.0385. The van der Waals surface area contributed by atoms with E-state index in [1.807, 2.05) is 30.3 Å². The molecule has 1 heterocycles. The summed E-state index contributed by atoms with van der Waals surface area (Å²) >= 11 is 3.43. The molecule has 5 nitrogen and oxygen atoms in total. The lowest BCUT2D eigenvalue weighted by Gasteiger charge is -2.07. The van der Waals surface area contributed by atoms with Crippen LogP contribution < -0.4 is 16.0 Å². The van der Waals surface area contributed by atoms with Crippen LogP contribution in [0.3, 0.4) is 0 Å². The Hall–Kier alpha value is -2.34. The number of hydrogen-bond acceptors (Lipinski definition) is 4. The lowest BCUT2D eigenvalue weighted by atomic mass is 10.1. The van der Waals surface area contributed by atoms with Crippen molar-refractivity contribution in [3.8, 4) is 11.6 Å². The molecule has 6 heteroatoms. The van der Waals surface area contributed by atoms with E-state index in [1.165, 1.54) is 6.33 Å². The Bertz CT molecular complexity index is 845. The average molecular weight is 332 g/mol. The third-order valence-corrected chi connectivity index (χ3v) is 3.33. The number of halogens is 1. The quantitative estimate of drug-likeness (QED) is 0.756. The first-order chi connectivity index (χ1) is 9.63. The summed E-state index contributed by atoms with van der Waals surface area (Å²) in [5, 5.41) is 2.10. The maximum absolute atomic E-state index is 11.4. The fraction of sp³-hybridized carbons (Fsp3) is 0. The Morgan fingerprint density at radius 2 is 1.90 bits per heavy atom. The molecular formula is C14H10BrN3O2. The second-order valence-electron chi connectivity index (χ2n) is 4.21. The van der Waals surface area contributed by atoms with Crippen LogP contribution in [0.4, 0.5) is 5.69 Å². The van der Waals surface area contributed by atoms with Gasteiger partial charge in [0.15, 0.2) is 5.69 Å². The Balaban J connectivity index is 2.01. The van der Waals surface area contributed by atoms with E-state index in [4.69, 9.17) is 10.5 Å². The number of nitrogens with one attached hydrogen (secondary N) is 1. The summed E-state index contributed by atoms with van der Waals surface area (Å²) in [6, 6.07) is 11.5. The van der Waals surface area contributed by atoms with Gasteiger partial charge < -0.3 is 15.5 Å². The zero-order valence-electron chi connectivity index (χ0n) is 10.3. The van der Waals surface area contributed by atoms with E-state index in [0.29, 0.717) is 5.75 Å². The van der Waals surface area contributed by atoms with Gasteiger partial charge in [0.1, 0.15) is 5.75 Å². The van der Waals surface area contributed by atoms with Crippen molar-refractivity contribution in [1.29, 1.82) is 0 Å². The van der Waals surface area contributed by atoms with Gasteiger partial charge in [-0.15, -0.1) is 0 Å². The number of benzene rings is 2. The molecule has 0 fully saturated rings. The molecule has 3 N–H and O–H groups in total. The highest BCUT2D eigenvalue weighted by Gasteiger charge is 2.07. The highest BCUT2D eigenvalue weighted by Crippen LogP contribution is 2.27. The third-order valence-electron chi connectivity index (χ3n) is 2.84. The van der Waals surface area contributed by atoms with Crippen molar-refractivity contribution in [2.45, 2.75) is 0 Å². The number of aromatic amines is 1. The van der Waals surface area contributed by atoms with Gasteiger partial charge in [-0.25, -0.2) is 4.98 Å². The number of nitrogen functional groups attached to an aromatic ring is 1. The van der Waals surface area contributed by atoms with Gasteiger partial charge >= 0.3 is 0 Å². The second kappa shape index (κ2) is 4.97. The molecule has 0 spiro atoms. The van der Waals surface area contributed by atoms with Gasteiger partial charge in [0.25, 0.3) is 5.56 Å². The number of nitrogens with two attached hydrogens (primary N) is 1. The van der Waals surface area contributed by atoms with Crippen LogP contribution in [-0.4, -0.2) is 9.97 Å². The van der Waals surface area contributed by atoms with E-state index in [2.05, 4.69) is 25.9 Å². The average Bonchev–Trinajstić information content (AvgIpc) is 2.44. The summed E-state index contributed by atoms with van der Waals surface area (Å²) in [4.78, 5) is 17.7. The second-order valence-corrected chi connectivity index (χ2v) is 5.12. The van der Waals surface area contributed by atoms with Crippen molar-refractivity contribution < 1.29 is 4.74 Å². The smallest absolute Gasteiger partial charge is 0.277 e. The topological polar surface area (TPSA) is 81.0 Å². The number of rotatable bonds is 2. The minimum Gasteiger partial charge on any atom is -0.437 e. The molecule has 3 aromatic rings. The Morgan fingerprint density at radius 1 is 1.15 bits per heavy atom. The largest absolute Gasteiger partial charge is 0.437 e. The van der Waals surface area contributed by atoms with E-state index in [0.717, 1.165) is 15.2 Å². The molecule has 0 bridgehead atoms. The SMILES string of the molecule is Nc1c(Oc2ccc3cc(Br)ccc3c2)nc[nH]c1=O. The monoisotopic (exact) mass is 331 g/mol. The van der Waals surface area contributed by atoms with Crippen LogP contribution in [0.2, 0.25) is 0 Å². The number of anilines is 1. The molecule has 0 aliphatic heterocycles. The molecule has 100 valence electrons. The first kappa shape index (κ1) is 12.7. The standard InChI is InChI=1S/C14H10BrN3O2/c15-10-3-1-9-6-11(4-2-8(9)5-10)20-14-12(16)13(19)17-7-18-14/h1-7H,16H2,(H,17,18,19). The van der Waals surface area contributed by atoms with Gasteiger partial charge in [-0.05, 0) is 35.0 Å². The number of nitrogens with zero attached hydrogens (tertiary/aromatic N) is 1. The van der Waals surface area contributed by atoms with E-state index in [1.54, 1.807) is 6.07 Å². The highest BCUT2D eigenvalue weighted by atomic mass is 79.9. The molecule has 0 amide bonds. The minimum atomic E-state index is -0.417. The molecule has 0 saturated heterocycles. The third kappa shape index (κ3) is 2.37. The van der Waals surface area contributed by atoms with Crippen molar-refractivity contribution in [1.82, 2.24) is 9.97 Å². The summed E-state index contributed by atoms with van der Waals surface area (Å²) in [5.74, 6) is 0.676. The summed E-state index contributed by atoms with van der Waals surface area (Å²) in [5.41, 5.74) is 5.17. The Labute approximate surface area is 122 Å². The van der Waals surface area contributed by atoms with Crippen LogP contribution in [0.5, 0.6) is 11.6 Å². The zero-order chi connectivity index (χ0) is 14.1. The lowest BCUT2D eigenvalue weighted by Crippen LogP contribution is -2.13. The van der Waals surface area contributed by atoms with Gasteiger partial charge in [-0.3, -0.25) is 4.79 Å². The van der Waals surface area contributed by atoms with Crippen molar-refractivity contribution >= 4 is 32.4 Å². The van der Waals surface area contributed by atoms with Crippen molar-refractivity contribution in [3.05, 3.63) is 57.6 Å². The molecule has 1 aromatic heterocycles. The van der Waals surface area contributed by atoms with Gasteiger partial charge in [0.2, 0.25) is 5.88 Å². The van der Waals surface area contributed by atoms with Crippen LogP contribution in [0, 0.1) is 0 Å². The summed E-state index contributed by atoms with van der Waals surface area (Å²) in [6.07, 6.45) is 1.26. The van der Waals surface area contributed by atoms with Gasteiger partial charge in [0.05, 0.1) is 6.33 Å². The van der Waals surface area contributed by atoms with E-state index >= 15 is 0 Å². The first-order valence-electron chi connectivity index (χ1n) is 5.84. The first-order valence-corrected chi connectivity index (χ1v) is 6.63. The van der Waals surface area contributed by atoms with Crippen LogP contribution >= 0.6 is 15.9 Å². The number of aromatic nitrogens is 2. The normalized spacial score (nSPS) is 10.7. The number of hydrogen-bond donors (Lipinski definition) is 2. The van der Waals surface area contributed by atoms with E-state index < -0.39 is 5.56 Å². The maximum atomic E-state index is 11.4. The molecule has 0 aliphatic rings. The molecular weight excluding hydrogens is 322 g/mol. The molecule has 0 aliphatic carbocycles. The summed E-state index contributed by atoms with van der Waals surface area (Å²) < 4.78 is 6.57. The fourth-order valence-corrected chi connectivity index (χ4v) is 2.22. The van der Waals surface area contributed by atoms with E-state index in [9.17, 15) is 4.79 Å². The predicted molar refractivity (Wildman–Crippen MR) is 81.0 cm³/mol. The van der Waals surface area contributed by atoms with Crippen LogP contribution in [0.25, 0.3) is 10.8 Å². The predicted octanol–water partition coefficient (Wildman–Crippen LogP) is 3.06. The molecule has 2 aromatic carbocycles.